The molecule has 3 aromatic carbocycles. The van der Waals surface area contributed by atoms with Crippen molar-refractivity contribution in [1.82, 2.24) is 10.6 Å². The Morgan fingerprint density at radius 2 is 1.44 bits per heavy atom. The van der Waals surface area contributed by atoms with E-state index < -0.39 is 17.8 Å². The fourth-order valence-electron chi connectivity index (χ4n) is 4.27. The fourth-order valence-corrected chi connectivity index (χ4v) is 4.27. The molecule has 0 aliphatic rings. The Hall–Kier alpha value is -3.52. The second kappa shape index (κ2) is 13.5. The molecule has 39 heavy (non-hydrogen) atoms. The van der Waals surface area contributed by atoms with E-state index in [2.05, 4.69) is 10.6 Å². The highest BCUT2D eigenvalue weighted by molar-refractivity contribution is 5.83. The first kappa shape index (κ1) is 30.0. The van der Waals surface area contributed by atoms with Crippen molar-refractivity contribution in [2.75, 3.05) is 7.05 Å². The van der Waals surface area contributed by atoms with Gasteiger partial charge in [-0.1, -0.05) is 48.5 Å². The lowest BCUT2D eigenvalue weighted by molar-refractivity contribution is -0.137. The topological polar surface area (TPSA) is 59.6 Å². The molecule has 0 saturated carbocycles. The number of amides is 1. The number of aryl methyl sites for hydroxylation is 1. The summed E-state index contributed by atoms with van der Waals surface area (Å²) in [6.45, 7) is 7.75. The van der Waals surface area contributed by atoms with Gasteiger partial charge in [0.15, 0.2) is 11.5 Å². The van der Waals surface area contributed by atoms with Crippen molar-refractivity contribution in [2.45, 2.75) is 71.0 Å². The number of likely N-dealkylation sites (N-methyl/N-ethyl adjacent to an activating group) is 1. The first-order valence-corrected chi connectivity index (χ1v) is 13.1. The van der Waals surface area contributed by atoms with E-state index in [9.17, 15) is 18.0 Å². The van der Waals surface area contributed by atoms with Crippen LogP contribution in [0.25, 0.3) is 0 Å². The van der Waals surface area contributed by atoms with E-state index >= 15 is 0 Å². The van der Waals surface area contributed by atoms with Crippen molar-refractivity contribution < 1.29 is 27.4 Å². The summed E-state index contributed by atoms with van der Waals surface area (Å²) in [7, 11) is 1.59. The van der Waals surface area contributed by atoms with Gasteiger partial charge in [-0.15, -0.1) is 0 Å². The Bertz CT molecular complexity index is 1200. The quantitative estimate of drug-likeness (QED) is 0.258. The van der Waals surface area contributed by atoms with E-state index in [4.69, 9.17) is 9.47 Å². The summed E-state index contributed by atoms with van der Waals surface area (Å²) in [5, 5.41) is 6.23. The van der Waals surface area contributed by atoms with Crippen LogP contribution in [-0.2, 0) is 17.4 Å². The molecule has 210 valence electrons. The molecule has 8 heteroatoms. The SMILES string of the molecule is CNC(=O)[C@@H](N[C@@H](CCc1ccc(C(F)(F)F)cc1)c1ccc(OC(C)C)c(OC(C)C)c1)c1ccccc1. The van der Waals surface area contributed by atoms with Gasteiger partial charge in [0, 0.05) is 13.1 Å². The summed E-state index contributed by atoms with van der Waals surface area (Å²) in [5.41, 5.74) is 1.76. The number of halogens is 3. The van der Waals surface area contributed by atoms with Gasteiger partial charge < -0.3 is 14.8 Å². The largest absolute Gasteiger partial charge is 0.487 e. The second-order valence-corrected chi connectivity index (χ2v) is 9.95. The highest BCUT2D eigenvalue weighted by Gasteiger charge is 2.30. The summed E-state index contributed by atoms with van der Waals surface area (Å²) >= 11 is 0. The number of benzene rings is 3. The number of carbonyl (C=O) groups excluding carboxylic acids is 1. The molecule has 0 bridgehead atoms. The van der Waals surface area contributed by atoms with Crippen LogP contribution in [0.2, 0.25) is 0 Å². The molecule has 0 unspecified atom stereocenters. The second-order valence-electron chi connectivity index (χ2n) is 9.95. The van der Waals surface area contributed by atoms with Crippen LogP contribution in [0.1, 0.15) is 68.5 Å². The maximum absolute atomic E-state index is 13.0. The smallest absolute Gasteiger partial charge is 0.416 e. The number of alkyl halides is 3. The van der Waals surface area contributed by atoms with Gasteiger partial charge in [-0.05, 0) is 81.5 Å². The Kier molecular flexibility index (Phi) is 10.4. The maximum atomic E-state index is 13.0. The molecule has 0 aromatic heterocycles. The Morgan fingerprint density at radius 3 is 2.00 bits per heavy atom. The van der Waals surface area contributed by atoms with Gasteiger partial charge in [0.1, 0.15) is 6.04 Å². The number of carbonyl (C=O) groups is 1. The van der Waals surface area contributed by atoms with E-state index in [1.54, 1.807) is 7.05 Å². The zero-order valence-electron chi connectivity index (χ0n) is 23.0. The first-order valence-electron chi connectivity index (χ1n) is 13.1. The van der Waals surface area contributed by atoms with Crippen molar-refractivity contribution >= 4 is 5.91 Å². The minimum absolute atomic E-state index is 0.0466. The van der Waals surface area contributed by atoms with E-state index in [0.717, 1.165) is 28.8 Å². The number of ether oxygens (including phenoxy) is 2. The van der Waals surface area contributed by atoms with E-state index in [-0.39, 0.29) is 24.2 Å². The predicted molar refractivity (Wildman–Crippen MR) is 147 cm³/mol. The van der Waals surface area contributed by atoms with E-state index in [1.807, 2.05) is 76.2 Å². The van der Waals surface area contributed by atoms with Gasteiger partial charge in [0.25, 0.3) is 0 Å². The first-order chi connectivity index (χ1) is 18.5. The third-order valence-electron chi connectivity index (χ3n) is 6.11. The monoisotopic (exact) mass is 542 g/mol. The number of hydrogen-bond acceptors (Lipinski definition) is 4. The Balaban J connectivity index is 1.97. The van der Waals surface area contributed by atoms with Crippen molar-refractivity contribution in [1.29, 1.82) is 0 Å². The predicted octanol–water partition coefficient (Wildman–Crippen LogP) is 7.03. The lowest BCUT2D eigenvalue weighted by atomic mass is 9.95. The molecule has 5 nitrogen and oxygen atoms in total. The van der Waals surface area contributed by atoms with Crippen LogP contribution in [-0.4, -0.2) is 25.2 Å². The lowest BCUT2D eigenvalue weighted by Gasteiger charge is -2.27. The third kappa shape index (κ3) is 8.75. The van der Waals surface area contributed by atoms with Gasteiger partial charge in [-0.25, -0.2) is 0 Å². The molecule has 3 aromatic rings. The minimum Gasteiger partial charge on any atom is -0.487 e. The molecule has 2 atom stereocenters. The summed E-state index contributed by atoms with van der Waals surface area (Å²) in [5.74, 6) is 1.02. The van der Waals surface area contributed by atoms with E-state index in [1.165, 1.54) is 12.1 Å². The number of rotatable bonds is 12. The molecule has 0 heterocycles. The number of nitrogens with one attached hydrogen (secondary N) is 2. The van der Waals surface area contributed by atoms with Crippen molar-refractivity contribution in [3.8, 4) is 11.5 Å². The van der Waals surface area contributed by atoms with Crippen molar-refractivity contribution in [3.63, 3.8) is 0 Å². The van der Waals surface area contributed by atoms with Crippen LogP contribution < -0.4 is 20.1 Å². The fraction of sp³-hybridized carbons (Fsp3) is 0.387. The van der Waals surface area contributed by atoms with E-state index in [0.29, 0.717) is 24.3 Å². The van der Waals surface area contributed by atoms with Gasteiger partial charge in [0.2, 0.25) is 5.91 Å². The molecule has 1 amide bonds. The normalized spacial score (nSPS) is 13.3. The summed E-state index contributed by atoms with van der Waals surface area (Å²) < 4.78 is 51.1. The molecule has 3 rings (SSSR count). The molecule has 0 fully saturated rings. The standard InChI is InChI=1S/C31H37F3N2O3/c1-20(2)38-27-18-14-24(19-28(27)39-21(3)4)26(17-13-22-11-15-25(16-12-22)31(32,33)34)36-29(30(37)35-5)23-9-7-6-8-10-23/h6-12,14-16,18-21,26,29,36H,13,17H2,1-5H3,(H,35,37)/t26-,29-/m0/s1. The van der Waals surface area contributed by atoms with Crippen LogP contribution in [0.4, 0.5) is 13.2 Å². The molecular formula is C31H37F3N2O3. The maximum Gasteiger partial charge on any atom is 0.416 e. The molecule has 0 spiro atoms. The summed E-state index contributed by atoms with van der Waals surface area (Å²) in [6, 6.07) is 19.3. The molecular weight excluding hydrogens is 505 g/mol. The summed E-state index contributed by atoms with van der Waals surface area (Å²) in [6.07, 6.45) is -3.50. The molecule has 0 radical (unpaired) electrons. The zero-order chi connectivity index (χ0) is 28.6. The van der Waals surface area contributed by atoms with Crippen molar-refractivity contribution in [3.05, 3.63) is 95.1 Å². The summed E-state index contributed by atoms with van der Waals surface area (Å²) in [4.78, 5) is 12.9. The highest BCUT2D eigenvalue weighted by atomic mass is 19.4. The molecule has 0 aliphatic heterocycles. The molecule has 2 N–H and O–H groups in total. The van der Waals surface area contributed by atoms with Crippen LogP contribution in [0.5, 0.6) is 11.5 Å². The zero-order valence-corrected chi connectivity index (χ0v) is 23.0. The average molecular weight is 543 g/mol. The average Bonchev–Trinajstić information content (AvgIpc) is 2.89. The minimum atomic E-state index is -4.38. The highest BCUT2D eigenvalue weighted by Crippen LogP contribution is 2.35. The molecule has 0 aliphatic carbocycles. The van der Waals surface area contributed by atoms with Crippen LogP contribution >= 0.6 is 0 Å². The van der Waals surface area contributed by atoms with Crippen LogP contribution in [0.15, 0.2) is 72.8 Å². The van der Waals surface area contributed by atoms with Gasteiger partial charge in [-0.2, -0.15) is 13.2 Å². The van der Waals surface area contributed by atoms with Crippen LogP contribution in [0.3, 0.4) is 0 Å². The van der Waals surface area contributed by atoms with Gasteiger partial charge >= 0.3 is 6.18 Å². The lowest BCUT2D eigenvalue weighted by Crippen LogP contribution is -2.38. The Labute approximate surface area is 228 Å². The third-order valence-corrected chi connectivity index (χ3v) is 6.11. The van der Waals surface area contributed by atoms with Crippen molar-refractivity contribution in [2.24, 2.45) is 0 Å². The van der Waals surface area contributed by atoms with Crippen LogP contribution in [0, 0.1) is 0 Å². The van der Waals surface area contributed by atoms with Gasteiger partial charge in [0.05, 0.1) is 17.8 Å². The number of hydrogen-bond donors (Lipinski definition) is 2. The molecule has 0 saturated heterocycles. The van der Waals surface area contributed by atoms with Gasteiger partial charge in [-0.3, -0.25) is 10.1 Å². The Morgan fingerprint density at radius 1 is 0.821 bits per heavy atom.